The lowest BCUT2D eigenvalue weighted by Gasteiger charge is -2.20. The molecule has 0 aliphatic heterocycles. The van der Waals surface area contributed by atoms with Gasteiger partial charge in [0.25, 0.3) is 15.9 Å². The Bertz CT molecular complexity index is 1250. The number of rotatable bonds is 6. The van der Waals surface area contributed by atoms with Crippen LogP contribution < -0.4 is 9.62 Å². The molecule has 0 radical (unpaired) electrons. The Hall–Kier alpha value is -3.65. The standard InChI is InChI=1S/C24H24N2O5S/c1-16-5-13-21(14-6-16)32(29,30)26(3)20-11-9-18(10-12-20)23(27)25-22-15-19(24(28)31-4)8-7-17(22)2/h5-15H,1-4H3,(H,25,27). The van der Waals surface area contributed by atoms with Gasteiger partial charge in [-0.15, -0.1) is 0 Å². The fourth-order valence-electron chi connectivity index (χ4n) is 3.03. The number of aryl methyl sites for hydroxylation is 2. The van der Waals surface area contributed by atoms with Gasteiger partial charge in [-0.2, -0.15) is 0 Å². The highest BCUT2D eigenvalue weighted by atomic mass is 32.2. The summed E-state index contributed by atoms with van der Waals surface area (Å²) in [5.74, 6) is -0.881. The third kappa shape index (κ3) is 4.81. The third-order valence-electron chi connectivity index (χ3n) is 5.08. The Balaban J connectivity index is 1.79. The first kappa shape index (κ1) is 23.0. The number of anilines is 2. The Morgan fingerprint density at radius 3 is 2.06 bits per heavy atom. The lowest BCUT2D eigenvalue weighted by molar-refractivity contribution is 0.0600. The molecular weight excluding hydrogens is 428 g/mol. The number of esters is 1. The maximum Gasteiger partial charge on any atom is 0.337 e. The molecule has 0 spiro atoms. The van der Waals surface area contributed by atoms with Gasteiger partial charge in [-0.25, -0.2) is 13.2 Å². The maximum absolute atomic E-state index is 12.9. The number of amides is 1. The number of benzene rings is 3. The van der Waals surface area contributed by atoms with E-state index in [1.54, 1.807) is 66.7 Å². The van der Waals surface area contributed by atoms with Gasteiger partial charge in [-0.05, 0) is 67.9 Å². The molecule has 0 unspecified atom stereocenters. The molecule has 166 valence electrons. The molecule has 8 heteroatoms. The largest absolute Gasteiger partial charge is 0.465 e. The summed E-state index contributed by atoms with van der Waals surface area (Å²) < 4.78 is 31.6. The Labute approximate surface area is 187 Å². The second kappa shape index (κ2) is 9.23. The lowest BCUT2D eigenvalue weighted by Crippen LogP contribution is -2.26. The molecule has 0 bridgehead atoms. The van der Waals surface area contributed by atoms with E-state index in [0.29, 0.717) is 22.5 Å². The summed E-state index contributed by atoms with van der Waals surface area (Å²) in [6.07, 6.45) is 0. The maximum atomic E-state index is 12.9. The zero-order chi connectivity index (χ0) is 23.5. The minimum Gasteiger partial charge on any atom is -0.465 e. The number of methoxy groups -OCH3 is 1. The van der Waals surface area contributed by atoms with Gasteiger partial charge in [0.05, 0.1) is 23.3 Å². The van der Waals surface area contributed by atoms with Gasteiger partial charge in [0, 0.05) is 18.3 Å². The molecule has 0 saturated heterocycles. The number of ether oxygens (including phenoxy) is 1. The van der Waals surface area contributed by atoms with Crippen molar-refractivity contribution in [1.82, 2.24) is 0 Å². The normalized spacial score (nSPS) is 11.0. The summed E-state index contributed by atoms with van der Waals surface area (Å²) in [5, 5.41) is 2.78. The number of hydrogen-bond acceptors (Lipinski definition) is 5. The molecule has 0 heterocycles. The summed E-state index contributed by atoms with van der Waals surface area (Å²) in [6.45, 7) is 3.70. The number of carbonyl (C=O) groups is 2. The van der Waals surface area contributed by atoms with Crippen molar-refractivity contribution in [1.29, 1.82) is 0 Å². The number of nitrogens with zero attached hydrogens (tertiary/aromatic N) is 1. The van der Waals surface area contributed by atoms with Crippen LogP contribution in [-0.2, 0) is 14.8 Å². The lowest BCUT2D eigenvalue weighted by atomic mass is 10.1. The van der Waals surface area contributed by atoms with Gasteiger partial charge in [0.15, 0.2) is 0 Å². The van der Waals surface area contributed by atoms with E-state index in [0.717, 1.165) is 11.1 Å². The summed E-state index contributed by atoms with van der Waals surface area (Å²) in [5.41, 5.74) is 3.33. The van der Waals surface area contributed by atoms with Crippen LogP contribution in [0, 0.1) is 13.8 Å². The van der Waals surface area contributed by atoms with Crippen molar-refractivity contribution in [2.75, 3.05) is 23.8 Å². The predicted molar refractivity (Wildman–Crippen MR) is 124 cm³/mol. The van der Waals surface area contributed by atoms with Crippen LogP contribution in [0.3, 0.4) is 0 Å². The molecule has 0 fully saturated rings. The smallest absolute Gasteiger partial charge is 0.337 e. The van der Waals surface area contributed by atoms with Crippen LogP contribution in [0.4, 0.5) is 11.4 Å². The first-order chi connectivity index (χ1) is 15.1. The summed E-state index contributed by atoms with van der Waals surface area (Å²) >= 11 is 0. The highest BCUT2D eigenvalue weighted by Crippen LogP contribution is 2.24. The van der Waals surface area contributed by atoms with E-state index in [2.05, 4.69) is 5.32 Å². The molecule has 1 amide bonds. The average Bonchev–Trinajstić information content (AvgIpc) is 2.79. The molecule has 7 nitrogen and oxygen atoms in total. The van der Waals surface area contributed by atoms with Gasteiger partial charge in [-0.1, -0.05) is 23.8 Å². The molecule has 1 N–H and O–H groups in total. The first-order valence-corrected chi connectivity index (χ1v) is 11.2. The Morgan fingerprint density at radius 2 is 1.47 bits per heavy atom. The van der Waals surface area contributed by atoms with Crippen LogP contribution in [0.25, 0.3) is 0 Å². The van der Waals surface area contributed by atoms with Crippen LogP contribution in [-0.4, -0.2) is 34.5 Å². The van der Waals surface area contributed by atoms with Crippen LogP contribution in [0.15, 0.2) is 71.6 Å². The number of sulfonamides is 1. The molecule has 0 atom stereocenters. The quantitative estimate of drug-likeness (QED) is 0.567. The Morgan fingerprint density at radius 1 is 0.875 bits per heavy atom. The van der Waals surface area contributed by atoms with Crippen molar-refractivity contribution < 1.29 is 22.7 Å². The van der Waals surface area contributed by atoms with Crippen molar-refractivity contribution in [2.24, 2.45) is 0 Å². The van der Waals surface area contributed by atoms with Crippen molar-refractivity contribution in [2.45, 2.75) is 18.7 Å². The summed E-state index contributed by atoms with van der Waals surface area (Å²) in [7, 11) is -0.969. The molecule has 32 heavy (non-hydrogen) atoms. The second-order valence-electron chi connectivity index (χ2n) is 7.31. The molecule has 0 aliphatic carbocycles. The molecule has 0 saturated carbocycles. The van der Waals surface area contributed by atoms with Crippen LogP contribution in [0.5, 0.6) is 0 Å². The third-order valence-corrected chi connectivity index (χ3v) is 6.88. The highest BCUT2D eigenvalue weighted by molar-refractivity contribution is 7.92. The molecule has 0 aromatic heterocycles. The zero-order valence-corrected chi connectivity index (χ0v) is 19.1. The van der Waals surface area contributed by atoms with Crippen molar-refractivity contribution in [3.05, 3.63) is 89.0 Å². The molecule has 3 aromatic rings. The molecule has 0 aliphatic rings. The zero-order valence-electron chi connectivity index (χ0n) is 18.2. The van der Waals surface area contributed by atoms with Gasteiger partial charge in [-0.3, -0.25) is 9.10 Å². The summed E-state index contributed by atoms with van der Waals surface area (Å²) in [4.78, 5) is 24.6. The van der Waals surface area contributed by atoms with E-state index in [-0.39, 0.29) is 10.8 Å². The van der Waals surface area contributed by atoms with Crippen molar-refractivity contribution >= 4 is 33.3 Å². The van der Waals surface area contributed by atoms with Gasteiger partial charge in [0.1, 0.15) is 0 Å². The van der Waals surface area contributed by atoms with Gasteiger partial charge < -0.3 is 10.1 Å². The van der Waals surface area contributed by atoms with Gasteiger partial charge in [0.2, 0.25) is 0 Å². The monoisotopic (exact) mass is 452 g/mol. The number of carbonyl (C=O) groups excluding carboxylic acids is 2. The van der Waals surface area contributed by atoms with Crippen LogP contribution in [0.2, 0.25) is 0 Å². The SMILES string of the molecule is COC(=O)c1ccc(C)c(NC(=O)c2ccc(N(C)S(=O)(=O)c3ccc(C)cc3)cc2)c1. The average molecular weight is 453 g/mol. The minimum absolute atomic E-state index is 0.188. The Kier molecular flexibility index (Phi) is 6.64. The minimum atomic E-state index is -3.72. The number of hydrogen-bond donors (Lipinski definition) is 1. The topological polar surface area (TPSA) is 92.8 Å². The molecular formula is C24H24N2O5S. The van der Waals surface area contributed by atoms with E-state index in [4.69, 9.17) is 4.74 Å². The first-order valence-electron chi connectivity index (χ1n) is 9.79. The van der Waals surface area contributed by atoms with Crippen molar-refractivity contribution in [3.63, 3.8) is 0 Å². The highest BCUT2D eigenvalue weighted by Gasteiger charge is 2.21. The fraction of sp³-hybridized carbons (Fsp3) is 0.167. The van der Waals surface area contributed by atoms with Gasteiger partial charge >= 0.3 is 5.97 Å². The van der Waals surface area contributed by atoms with E-state index < -0.39 is 16.0 Å². The van der Waals surface area contributed by atoms with Crippen molar-refractivity contribution in [3.8, 4) is 0 Å². The molecule has 3 rings (SSSR count). The van der Waals surface area contributed by atoms with E-state index in [9.17, 15) is 18.0 Å². The predicted octanol–water partition coefficient (Wildman–Crippen LogP) is 4.17. The second-order valence-corrected chi connectivity index (χ2v) is 9.28. The number of nitrogens with one attached hydrogen (secondary N) is 1. The van der Waals surface area contributed by atoms with E-state index >= 15 is 0 Å². The van der Waals surface area contributed by atoms with Crippen LogP contribution in [0.1, 0.15) is 31.8 Å². The summed E-state index contributed by atoms with van der Waals surface area (Å²) in [6, 6.07) is 17.7. The fourth-order valence-corrected chi connectivity index (χ4v) is 4.22. The van der Waals surface area contributed by atoms with E-state index in [1.165, 1.54) is 18.5 Å². The van der Waals surface area contributed by atoms with E-state index in [1.807, 2.05) is 13.8 Å². The van der Waals surface area contributed by atoms with Crippen LogP contribution >= 0.6 is 0 Å². The molecule has 3 aromatic carbocycles.